The lowest BCUT2D eigenvalue weighted by Crippen LogP contribution is -2.19. The number of amides is 3. The SMILES string of the molecule is Cc1ccc(NC(N)=O)cc1NC(=O)OCc1ccccc1. The number of carbonyl (C=O) groups excluding carboxylic acids is 2. The van der Waals surface area contributed by atoms with Gasteiger partial charge in [0.25, 0.3) is 0 Å². The van der Waals surface area contributed by atoms with Crippen molar-refractivity contribution >= 4 is 23.5 Å². The van der Waals surface area contributed by atoms with Crippen molar-refractivity contribution in [2.24, 2.45) is 5.73 Å². The van der Waals surface area contributed by atoms with Gasteiger partial charge in [0.05, 0.1) is 0 Å². The van der Waals surface area contributed by atoms with Crippen molar-refractivity contribution in [2.45, 2.75) is 13.5 Å². The minimum absolute atomic E-state index is 0.185. The molecule has 4 N–H and O–H groups in total. The molecule has 3 amide bonds. The maximum Gasteiger partial charge on any atom is 0.411 e. The van der Waals surface area contributed by atoms with E-state index in [9.17, 15) is 9.59 Å². The van der Waals surface area contributed by atoms with E-state index < -0.39 is 12.1 Å². The first-order valence-corrected chi connectivity index (χ1v) is 6.69. The Bertz CT molecular complexity index is 672. The van der Waals surface area contributed by atoms with Crippen LogP contribution >= 0.6 is 0 Å². The van der Waals surface area contributed by atoms with Crippen molar-refractivity contribution in [3.05, 3.63) is 59.7 Å². The summed E-state index contributed by atoms with van der Waals surface area (Å²) in [4.78, 5) is 22.7. The predicted octanol–water partition coefficient (Wildman–Crippen LogP) is 3.23. The topological polar surface area (TPSA) is 93.5 Å². The molecule has 6 heteroatoms. The van der Waals surface area contributed by atoms with E-state index >= 15 is 0 Å². The second kappa shape index (κ2) is 7.12. The number of aryl methyl sites for hydroxylation is 1. The van der Waals surface area contributed by atoms with Crippen LogP contribution in [0.25, 0.3) is 0 Å². The van der Waals surface area contributed by atoms with Crippen LogP contribution in [0.4, 0.5) is 21.0 Å². The summed E-state index contributed by atoms with van der Waals surface area (Å²) in [5, 5.41) is 5.09. The smallest absolute Gasteiger partial charge is 0.411 e. The van der Waals surface area contributed by atoms with Gasteiger partial charge in [-0.15, -0.1) is 0 Å². The number of nitrogens with two attached hydrogens (primary N) is 1. The number of hydrogen-bond acceptors (Lipinski definition) is 3. The van der Waals surface area contributed by atoms with E-state index in [0.29, 0.717) is 11.4 Å². The van der Waals surface area contributed by atoms with Crippen molar-refractivity contribution in [3.63, 3.8) is 0 Å². The maximum atomic E-state index is 11.8. The van der Waals surface area contributed by atoms with E-state index in [1.165, 1.54) is 0 Å². The van der Waals surface area contributed by atoms with Gasteiger partial charge < -0.3 is 15.8 Å². The minimum atomic E-state index is -0.665. The Morgan fingerprint density at radius 2 is 1.82 bits per heavy atom. The molecule has 0 fully saturated rings. The molecule has 0 spiro atoms. The van der Waals surface area contributed by atoms with Crippen LogP contribution in [0.5, 0.6) is 0 Å². The third-order valence-electron chi connectivity index (χ3n) is 2.95. The van der Waals surface area contributed by atoms with Crippen LogP contribution in [0.2, 0.25) is 0 Å². The summed E-state index contributed by atoms with van der Waals surface area (Å²) in [6, 6.07) is 13.8. The van der Waals surface area contributed by atoms with E-state index in [1.54, 1.807) is 18.2 Å². The van der Waals surface area contributed by atoms with Gasteiger partial charge in [-0.3, -0.25) is 5.32 Å². The summed E-state index contributed by atoms with van der Waals surface area (Å²) >= 11 is 0. The van der Waals surface area contributed by atoms with Gasteiger partial charge in [0.1, 0.15) is 6.61 Å². The van der Waals surface area contributed by atoms with Crippen LogP contribution in [0.15, 0.2) is 48.5 Å². The molecule has 2 aromatic rings. The highest BCUT2D eigenvalue weighted by Gasteiger charge is 2.07. The van der Waals surface area contributed by atoms with Crippen LogP contribution in [0.3, 0.4) is 0 Å². The minimum Gasteiger partial charge on any atom is -0.444 e. The highest BCUT2D eigenvalue weighted by molar-refractivity contribution is 5.91. The third-order valence-corrected chi connectivity index (χ3v) is 2.95. The van der Waals surface area contributed by atoms with Gasteiger partial charge in [-0.25, -0.2) is 9.59 Å². The average Bonchev–Trinajstić information content (AvgIpc) is 2.49. The van der Waals surface area contributed by atoms with Crippen LogP contribution in [0, 0.1) is 6.92 Å². The summed E-state index contributed by atoms with van der Waals surface area (Å²) in [7, 11) is 0. The molecule has 22 heavy (non-hydrogen) atoms. The number of rotatable bonds is 4. The van der Waals surface area contributed by atoms with Crippen molar-refractivity contribution in [1.29, 1.82) is 0 Å². The molecule has 6 nitrogen and oxygen atoms in total. The molecule has 2 rings (SSSR count). The zero-order valence-corrected chi connectivity index (χ0v) is 12.1. The molecule has 0 unspecified atom stereocenters. The first-order valence-electron chi connectivity index (χ1n) is 6.69. The van der Waals surface area contributed by atoms with Crippen LogP contribution in [0.1, 0.15) is 11.1 Å². The fraction of sp³-hybridized carbons (Fsp3) is 0.125. The van der Waals surface area contributed by atoms with Gasteiger partial charge in [0.15, 0.2) is 0 Å². The van der Waals surface area contributed by atoms with Crippen molar-refractivity contribution in [2.75, 3.05) is 10.6 Å². The number of benzene rings is 2. The lowest BCUT2D eigenvalue weighted by Gasteiger charge is -2.11. The summed E-state index contributed by atoms with van der Waals surface area (Å²) in [6.07, 6.45) is -0.567. The summed E-state index contributed by atoms with van der Waals surface area (Å²) in [6.45, 7) is 2.02. The first kappa shape index (κ1) is 15.4. The van der Waals surface area contributed by atoms with E-state index in [4.69, 9.17) is 10.5 Å². The Kier molecular flexibility index (Phi) is 4.98. The quantitative estimate of drug-likeness (QED) is 0.809. The van der Waals surface area contributed by atoms with Crippen molar-refractivity contribution < 1.29 is 14.3 Å². The number of primary amides is 1. The Hall–Kier alpha value is -3.02. The second-order valence-corrected chi connectivity index (χ2v) is 4.71. The van der Waals surface area contributed by atoms with E-state index in [-0.39, 0.29) is 6.61 Å². The van der Waals surface area contributed by atoms with Gasteiger partial charge >= 0.3 is 12.1 Å². The molecule has 0 aliphatic carbocycles. The summed E-state index contributed by atoms with van der Waals surface area (Å²) in [5.41, 5.74) is 7.85. The summed E-state index contributed by atoms with van der Waals surface area (Å²) in [5.74, 6) is 0. The molecular formula is C16H17N3O3. The number of urea groups is 1. The Morgan fingerprint density at radius 3 is 2.50 bits per heavy atom. The largest absolute Gasteiger partial charge is 0.444 e. The van der Waals surface area contributed by atoms with E-state index in [2.05, 4.69) is 10.6 Å². The Labute approximate surface area is 128 Å². The second-order valence-electron chi connectivity index (χ2n) is 4.71. The van der Waals surface area contributed by atoms with E-state index in [0.717, 1.165) is 11.1 Å². The van der Waals surface area contributed by atoms with Crippen molar-refractivity contribution in [3.8, 4) is 0 Å². The number of anilines is 2. The lowest BCUT2D eigenvalue weighted by atomic mass is 10.2. The molecule has 0 radical (unpaired) electrons. The molecule has 114 valence electrons. The van der Waals surface area contributed by atoms with Crippen LogP contribution < -0.4 is 16.4 Å². The first-order chi connectivity index (χ1) is 10.5. The fourth-order valence-corrected chi connectivity index (χ4v) is 1.85. The molecule has 0 atom stereocenters. The average molecular weight is 299 g/mol. The number of ether oxygens (including phenoxy) is 1. The number of hydrogen-bond donors (Lipinski definition) is 3. The molecular weight excluding hydrogens is 282 g/mol. The van der Waals surface area contributed by atoms with Crippen LogP contribution in [-0.4, -0.2) is 12.1 Å². The monoisotopic (exact) mass is 299 g/mol. The third kappa shape index (κ3) is 4.52. The lowest BCUT2D eigenvalue weighted by molar-refractivity contribution is 0.155. The van der Waals surface area contributed by atoms with Crippen molar-refractivity contribution in [1.82, 2.24) is 0 Å². The molecule has 0 aromatic heterocycles. The van der Waals surface area contributed by atoms with Crippen LogP contribution in [-0.2, 0) is 11.3 Å². The summed E-state index contributed by atoms with van der Waals surface area (Å²) < 4.78 is 5.15. The highest BCUT2D eigenvalue weighted by Crippen LogP contribution is 2.20. The highest BCUT2D eigenvalue weighted by atomic mass is 16.5. The standard InChI is InChI=1S/C16H17N3O3/c1-11-7-8-13(18-15(17)20)9-14(11)19-16(21)22-10-12-5-3-2-4-6-12/h2-9H,10H2,1H3,(H,19,21)(H3,17,18,20). The van der Waals surface area contributed by atoms with Gasteiger partial charge in [0.2, 0.25) is 0 Å². The zero-order valence-electron chi connectivity index (χ0n) is 12.1. The maximum absolute atomic E-state index is 11.8. The normalized spacial score (nSPS) is 9.86. The van der Waals surface area contributed by atoms with Gasteiger partial charge in [-0.05, 0) is 30.2 Å². The molecule has 0 saturated carbocycles. The van der Waals surface area contributed by atoms with Gasteiger partial charge in [-0.2, -0.15) is 0 Å². The van der Waals surface area contributed by atoms with Gasteiger partial charge in [0, 0.05) is 11.4 Å². The Balaban J connectivity index is 1.97. The van der Waals surface area contributed by atoms with Gasteiger partial charge in [-0.1, -0.05) is 36.4 Å². The molecule has 0 saturated heterocycles. The molecule has 2 aromatic carbocycles. The Morgan fingerprint density at radius 1 is 1.09 bits per heavy atom. The molecule has 0 aliphatic rings. The molecule has 0 heterocycles. The van der Waals surface area contributed by atoms with E-state index in [1.807, 2.05) is 37.3 Å². The number of carbonyl (C=O) groups is 2. The zero-order chi connectivity index (χ0) is 15.9. The fourth-order valence-electron chi connectivity index (χ4n) is 1.85. The number of nitrogens with one attached hydrogen (secondary N) is 2. The predicted molar refractivity (Wildman–Crippen MR) is 84.6 cm³/mol. The molecule has 0 bridgehead atoms. The molecule has 0 aliphatic heterocycles.